The number of carbonyl (C=O) groups is 1. The number of Topliss-reactive ketones (excluding diaryl/α,β-unsaturated/α-hetero) is 1. The van der Waals surface area contributed by atoms with Gasteiger partial charge in [0.15, 0.2) is 5.78 Å². The lowest BCUT2D eigenvalue weighted by atomic mass is 10.0. The van der Waals surface area contributed by atoms with Gasteiger partial charge in [-0.25, -0.2) is 0 Å². The van der Waals surface area contributed by atoms with Crippen LogP contribution in [-0.2, 0) is 6.54 Å². The van der Waals surface area contributed by atoms with Crippen molar-refractivity contribution in [1.82, 2.24) is 4.57 Å². The van der Waals surface area contributed by atoms with Crippen LogP contribution in [0.25, 0.3) is 0 Å². The van der Waals surface area contributed by atoms with E-state index in [4.69, 9.17) is 23.2 Å². The summed E-state index contributed by atoms with van der Waals surface area (Å²) >= 11 is 11.6. The first kappa shape index (κ1) is 15.8. The Labute approximate surface area is 133 Å². The fourth-order valence-corrected chi connectivity index (χ4v) is 2.49. The summed E-state index contributed by atoms with van der Waals surface area (Å²) in [5.74, 6) is 0.245. The molecule has 3 nitrogen and oxygen atoms in total. The molecule has 0 aliphatic rings. The van der Waals surface area contributed by atoms with Gasteiger partial charge in [0.2, 0.25) is 0 Å². The Hall–Kier alpha value is -1.58. The van der Waals surface area contributed by atoms with Crippen LogP contribution in [0.4, 0.5) is 0 Å². The molecule has 21 heavy (non-hydrogen) atoms. The molecule has 0 aliphatic heterocycles. The number of hydrogen-bond donors (Lipinski definition) is 0. The minimum absolute atomic E-state index is 0.00505. The highest BCUT2D eigenvalue weighted by Gasteiger charge is 2.11. The molecule has 1 aromatic heterocycles. The summed E-state index contributed by atoms with van der Waals surface area (Å²) in [6, 6.07) is 8.75. The molecule has 0 saturated heterocycles. The Morgan fingerprint density at radius 3 is 2.38 bits per heavy atom. The maximum Gasteiger partial charge on any atom is 0.269 e. The Bertz CT molecular complexity index is 718. The standard InChI is InChI=1S/C16H15Cl2NO2/c1-10(2)11-3-5-12(6-4-11)15(20)9-19-8-13(17)7-14(18)16(19)21/h3-8,10H,9H2,1-2H3. The van der Waals surface area contributed by atoms with Crippen molar-refractivity contribution in [2.75, 3.05) is 0 Å². The molecule has 5 heteroatoms. The number of benzene rings is 1. The largest absolute Gasteiger partial charge is 0.305 e. The molecule has 0 radical (unpaired) electrons. The zero-order valence-corrected chi connectivity index (χ0v) is 13.3. The second kappa shape index (κ2) is 6.46. The van der Waals surface area contributed by atoms with E-state index in [1.807, 2.05) is 12.1 Å². The molecule has 2 rings (SSSR count). The van der Waals surface area contributed by atoms with E-state index in [9.17, 15) is 9.59 Å². The van der Waals surface area contributed by atoms with Crippen molar-refractivity contribution in [2.45, 2.75) is 26.3 Å². The van der Waals surface area contributed by atoms with Gasteiger partial charge in [-0.2, -0.15) is 0 Å². The lowest BCUT2D eigenvalue weighted by molar-refractivity contribution is 0.0971. The molecule has 0 fully saturated rings. The Balaban J connectivity index is 2.24. The van der Waals surface area contributed by atoms with Crippen molar-refractivity contribution >= 4 is 29.0 Å². The van der Waals surface area contributed by atoms with Gasteiger partial charge in [0, 0.05) is 11.8 Å². The molecule has 0 unspecified atom stereocenters. The van der Waals surface area contributed by atoms with Crippen LogP contribution in [0.1, 0.15) is 35.7 Å². The molecule has 1 heterocycles. The normalized spacial score (nSPS) is 10.9. The highest BCUT2D eigenvalue weighted by Crippen LogP contribution is 2.16. The first-order chi connectivity index (χ1) is 9.88. The summed E-state index contributed by atoms with van der Waals surface area (Å²) in [5.41, 5.74) is 1.30. The monoisotopic (exact) mass is 323 g/mol. The molecule has 0 bridgehead atoms. The minimum Gasteiger partial charge on any atom is -0.305 e. The van der Waals surface area contributed by atoms with Crippen LogP contribution in [-0.4, -0.2) is 10.4 Å². The van der Waals surface area contributed by atoms with Crippen LogP contribution in [0.5, 0.6) is 0 Å². The van der Waals surface area contributed by atoms with Crippen LogP contribution in [0.3, 0.4) is 0 Å². The third-order valence-corrected chi connectivity index (χ3v) is 3.70. The van der Waals surface area contributed by atoms with E-state index in [-0.39, 0.29) is 17.4 Å². The number of hydrogen-bond acceptors (Lipinski definition) is 2. The second-order valence-electron chi connectivity index (χ2n) is 5.14. The number of halogens is 2. The molecule has 0 saturated carbocycles. The number of aromatic nitrogens is 1. The molecular weight excluding hydrogens is 309 g/mol. The molecule has 1 aromatic carbocycles. The van der Waals surface area contributed by atoms with Gasteiger partial charge in [-0.3, -0.25) is 9.59 Å². The molecule has 110 valence electrons. The predicted molar refractivity (Wildman–Crippen MR) is 85.6 cm³/mol. The van der Waals surface area contributed by atoms with Crippen LogP contribution in [0, 0.1) is 0 Å². The maximum absolute atomic E-state index is 12.2. The fraction of sp³-hybridized carbons (Fsp3) is 0.250. The van der Waals surface area contributed by atoms with Crippen molar-refractivity contribution in [3.63, 3.8) is 0 Å². The van der Waals surface area contributed by atoms with Crippen LogP contribution in [0.2, 0.25) is 10.0 Å². The summed E-state index contributed by atoms with van der Waals surface area (Å²) in [6.45, 7) is 4.09. The summed E-state index contributed by atoms with van der Waals surface area (Å²) in [7, 11) is 0. The van der Waals surface area contributed by atoms with Gasteiger partial charge in [-0.15, -0.1) is 0 Å². The number of ketones is 1. The van der Waals surface area contributed by atoms with E-state index in [0.29, 0.717) is 16.5 Å². The van der Waals surface area contributed by atoms with E-state index < -0.39 is 5.56 Å². The Morgan fingerprint density at radius 1 is 1.19 bits per heavy atom. The maximum atomic E-state index is 12.2. The topological polar surface area (TPSA) is 39.1 Å². The van der Waals surface area contributed by atoms with E-state index >= 15 is 0 Å². The summed E-state index contributed by atoms with van der Waals surface area (Å²) in [5, 5.41) is 0.327. The lowest BCUT2D eigenvalue weighted by Gasteiger charge is -2.08. The minimum atomic E-state index is -0.423. The highest BCUT2D eigenvalue weighted by atomic mass is 35.5. The second-order valence-corrected chi connectivity index (χ2v) is 5.98. The lowest BCUT2D eigenvalue weighted by Crippen LogP contribution is -2.24. The molecule has 0 atom stereocenters. The van der Waals surface area contributed by atoms with Gasteiger partial charge in [0.05, 0.1) is 11.6 Å². The average Bonchev–Trinajstić information content (AvgIpc) is 2.44. The quantitative estimate of drug-likeness (QED) is 0.792. The third kappa shape index (κ3) is 3.74. The van der Waals surface area contributed by atoms with Gasteiger partial charge in [0.1, 0.15) is 5.02 Å². The predicted octanol–water partition coefficient (Wildman–Crippen LogP) is 4.16. The van der Waals surface area contributed by atoms with E-state index in [1.54, 1.807) is 12.1 Å². The molecule has 0 aliphatic carbocycles. The van der Waals surface area contributed by atoms with E-state index in [2.05, 4.69) is 13.8 Å². The summed E-state index contributed by atoms with van der Waals surface area (Å²) in [6.07, 6.45) is 1.41. The fourth-order valence-electron chi connectivity index (χ4n) is 1.98. The van der Waals surface area contributed by atoms with Gasteiger partial charge in [0.25, 0.3) is 5.56 Å². The Kier molecular flexibility index (Phi) is 4.86. The first-order valence-electron chi connectivity index (χ1n) is 6.57. The van der Waals surface area contributed by atoms with Crippen molar-refractivity contribution in [3.8, 4) is 0 Å². The molecule has 0 spiro atoms. The number of carbonyl (C=O) groups excluding carboxylic acids is 1. The van der Waals surface area contributed by atoms with Crippen molar-refractivity contribution < 1.29 is 4.79 Å². The van der Waals surface area contributed by atoms with E-state index in [1.165, 1.54) is 16.8 Å². The molecule has 0 amide bonds. The zero-order valence-electron chi connectivity index (χ0n) is 11.8. The highest BCUT2D eigenvalue weighted by molar-refractivity contribution is 6.34. The van der Waals surface area contributed by atoms with Gasteiger partial charge in [-0.1, -0.05) is 61.3 Å². The van der Waals surface area contributed by atoms with Crippen LogP contribution < -0.4 is 5.56 Å². The molecule has 0 N–H and O–H groups in total. The molecular formula is C16H15Cl2NO2. The summed E-state index contributed by atoms with van der Waals surface area (Å²) in [4.78, 5) is 24.1. The van der Waals surface area contributed by atoms with Gasteiger partial charge >= 0.3 is 0 Å². The third-order valence-electron chi connectivity index (χ3n) is 3.22. The average molecular weight is 324 g/mol. The smallest absolute Gasteiger partial charge is 0.269 e. The van der Waals surface area contributed by atoms with Crippen molar-refractivity contribution in [3.05, 3.63) is 68.1 Å². The van der Waals surface area contributed by atoms with Gasteiger partial charge < -0.3 is 4.57 Å². The van der Waals surface area contributed by atoms with Crippen LogP contribution in [0.15, 0.2) is 41.3 Å². The van der Waals surface area contributed by atoms with Crippen LogP contribution >= 0.6 is 23.2 Å². The SMILES string of the molecule is CC(C)c1ccc(C(=O)Cn2cc(Cl)cc(Cl)c2=O)cc1. The first-order valence-corrected chi connectivity index (χ1v) is 7.32. The number of nitrogens with zero attached hydrogens (tertiary/aromatic N) is 1. The van der Waals surface area contributed by atoms with E-state index in [0.717, 1.165) is 5.56 Å². The van der Waals surface area contributed by atoms with Crippen molar-refractivity contribution in [2.24, 2.45) is 0 Å². The summed E-state index contributed by atoms with van der Waals surface area (Å²) < 4.78 is 1.23. The van der Waals surface area contributed by atoms with Crippen molar-refractivity contribution in [1.29, 1.82) is 0 Å². The number of rotatable bonds is 4. The van der Waals surface area contributed by atoms with Gasteiger partial charge in [-0.05, 0) is 17.5 Å². The zero-order chi connectivity index (χ0) is 15.6. The Morgan fingerprint density at radius 2 is 1.81 bits per heavy atom. The molecule has 2 aromatic rings. The number of pyridine rings is 1.